The number of rotatable bonds is 2. The quantitative estimate of drug-likeness (QED) is 0.765. The van der Waals surface area contributed by atoms with Crippen molar-refractivity contribution in [1.82, 2.24) is 0 Å². The third-order valence-corrected chi connectivity index (χ3v) is 2.92. The summed E-state index contributed by atoms with van der Waals surface area (Å²) in [4.78, 5) is 0. The molecule has 0 bridgehead atoms. The van der Waals surface area contributed by atoms with Gasteiger partial charge in [0.2, 0.25) is 0 Å². The van der Waals surface area contributed by atoms with Crippen LogP contribution in [-0.2, 0) is 0 Å². The van der Waals surface area contributed by atoms with Crippen molar-refractivity contribution in [3.8, 4) is 16.9 Å². The number of thiophene rings is 1. The maximum absolute atomic E-state index is 5.93. The first kappa shape index (κ1) is 9.86. The van der Waals surface area contributed by atoms with Gasteiger partial charge >= 0.3 is 0 Å². The van der Waals surface area contributed by atoms with Gasteiger partial charge in [0.1, 0.15) is 5.75 Å². The summed E-state index contributed by atoms with van der Waals surface area (Å²) < 4.78 is 5.10. The Morgan fingerprint density at radius 2 is 2.00 bits per heavy atom. The molecule has 2 rings (SSSR count). The van der Waals surface area contributed by atoms with Gasteiger partial charge in [-0.05, 0) is 28.5 Å². The normalized spacial score (nSPS) is 10.2. The number of nitrogens with two attached hydrogens (primary N) is 2. The van der Waals surface area contributed by atoms with Crippen LogP contribution in [0.5, 0.6) is 5.75 Å². The second kappa shape index (κ2) is 3.82. The summed E-state index contributed by atoms with van der Waals surface area (Å²) in [6.45, 7) is 0. The van der Waals surface area contributed by atoms with E-state index in [0.717, 1.165) is 11.1 Å². The lowest BCUT2D eigenvalue weighted by atomic mass is 10.1. The molecule has 15 heavy (non-hydrogen) atoms. The largest absolute Gasteiger partial charge is 0.495 e. The van der Waals surface area contributed by atoms with Gasteiger partial charge in [0.25, 0.3) is 0 Å². The molecule has 3 nitrogen and oxygen atoms in total. The Morgan fingerprint density at radius 3 is 2.60 bits per heavy atom. The minimum absolute atomic E-state index is 0.605. The lowest BCUT2D eigenvalue weighted by molar-refractivity contribution is 0.417. The van der Waals surface area contributed by atoms with Crippen molar-refractivity contribution in [3.05, 3.63) is 29.0 Å². The molecule has 1 heterocycles. The maximum Gasteiger partial charge on any atom is 0.143 e. The van der Waals surface area contributed by atoms with E-state index in [9.17, 15) is 0 Å². The van der Waals surface area contributed by atoms with E-state index in [1.807, 2.05) is 22.9 Å². The minimum Gasteiger partial charge on any atom is -0.495 e. The predicted molar refractivity (Wildman–Crippen MR) is 65.1 cm³/mol. The number of benzene rings is 1. The van der Waals surface area contributed by atoms with Crippen molar-refractivity contribution in [2.75, 3.05) is 18.6 Å². The number of nitrogen functional groups attached to an aromatic ring is 2. The van der Waals surface area contributed by atoms with Crippen molar-refractivity contribution in [2.24, 2.45) is 0 Å². The summed E-state index contributed by atoms with van der Waals surface area (Å²) in [5.74, 6) is 0.617. The molecule has 4 heteroatoms. The molecule has 1 aromatic carbocycles. The highest BCUT2D eigenvalue weighted by atomic mass is 32.1. The van der Waals surface area contributed by atoms with Crippen LogP contribution in [0.1, 0.15) is 0 Å². The van der Waals surface area contributed by atoms with Crippen LogP contribution in [-0.4, -0.2) is 7.11 Å². The van der Waals surface area contributed by atoms with Crippen molar-refractivity contribution in [2.45, 2.75) is 0 Å². The topological polar surface area (TPSA) is 61.3 Å². The van der Waals surface area contributed by atoms with Gasteiger partial charge in [-0.2, -0.15) is 11.3 Å². The van der Waals surface area contributed by atoms with E-state index in [-0.39, 0.29) is 0 Å². The molecule has 0 fully saturated rings. The van der Waals surface area contributed by atoms with Crippen molar-refractivity contribution >= 4 is 22.7 Å². The SMILES string of the molecule is COc1cc(N)c(-c2ccsc2)cc1N. The Kier molecular flexibility index (Phi) is 2.51. The highest BCUT2D eigenvalue weighted by molar-refractivity contribution is 7.08. The highest BCUT2D eigenvalue weighted by Gasteiger charge is 2.08. The van der Waals surface area contributed by atoms with Crippen molar-refractivity contribution in [1.29, 1.82) is 0 Å². The predicted octanol–water partition coefficient (Wildman–Crippen LogP) is 2.59. The first-order valence-corrected chi connectivity index (χ1v) is 5.42. The van der Waals surface area contributed by atoms with Gasteiger partial charge in [0.05, 0.1) is 12.8 Å². The van der Waals surface area contributed by atoms with E-state index in [0.29, 0.717) is 17.1 Å². The van der Waals surface area contributed by atoms with Crippen LogP contribution in [0.4, 0.5) is 11.4 Å². The molecule has 0 radical (unpaired) electrons. The zero-order valence-corrected chi connectivity index (χ0v) is 9.17. The summed E-state index contributed by atoms with van der Waals surface area (Å²) in [7, 11) is 1.58. The zero-order valence-electron chi connectivity index (χ0n) is 8.36. The molecule has 0 saturated heterocycles. The van der Waals surface area contributed by atoms with Crippen LogP contribution in [0, 0.1) is 0 Å². The molecule has 0 unspecified atom stereocenters. The maximum atomic E-state index is 5.93. The standard InChI is InChI=1S/C11H12N2OS/c1-14-11-5-9(12)8(4-10(11)13)7-2-3-15-6-7/h2-6H,12-13H2,1H3. The van der Waals surface area contributed by atoms with Gasteiger partial charge in [-0.1, -0.05) is 0 Å². The first-order valence-electron chi connectivity index (χ1n) is 4.48. The van der Waals surface area contributed by atoms with E-state index in [4.69, 9.17) is 16.2 Å². The fraction of sp³-hybridized carbons (Fsp3) is 0.0909. The van der Waals surface area contributed by atoms with E-state index in [1.54, 1.807) is 24.5 Å². The summed E-state index contributed by atoms with van der Waals surface area (Å²) in [5, 5.41) is 4.05. The van der Waals surface area contributed by atoms with Crippen LogP contribution < -0.4 is 16.2 Å². The number of ether oxygens (including phenoxy) is 1. The summed E-state index contributed by atoms with van der Waals surface area (Å²) in [5.41, 5.74) is 15.1. The smallest absolute Gasteiger partial charge is 0.143 e. The highest BCUT2D eigenvalue weighted by Crippen LogP contribution is 2.34. The van der Waals surface area contributed by atoms with Crippen LogP contribution in [0.2, 0.25) is 0 Å². The lowest BCUT2D eigenvalue weighted by Crippen LogP contribution is -1.96. The number of anilines is 2. The van der Waals surface area contributed by atoms with E-state index in [2.05, 4.69) is 0 Å². The lowest BCUT2D eigenvalue weighted by Gasteiger charge is -2.09. The summed E-state index contributed by atoms with van der Waals surface area (Å²) in [6.07, 6.45) is 0. The molecule has 2 aromatic rings. The van der Waals surface area contributed by atoms with E-state index in [1.165, 1.54) is 0 Å². The second-order valence-electron chi connectivity index (χ2n) is 3.19. The molecule has 1 aromatic heterocycles. The molecule has 0 amide bonds. The molecule has 0 aliphatic rings. The van der Waals surface area contributed by atoms with Crippen LogP contribution >= 0.6 is 11.3 Å². The van der Waals surface area contributed by atoms with Crippen LogP contribution in [0.25, 0.3) is 11.1 Å². The molecule has 0 aliphatic heterocycles. The number of hydrogen-bond donors (Lipinski definition) is 2. The number of hydrogen-bond acceptors (Lipinski definition) is 4. The Labute approximate surface area is 92.3 Å². The van der Waals surface area contributed by atoms with Crippen molar-refractivity contribution < 1.29 is 4.74 Å². The van der Waals surface area contributed by atoms with Crippen molar-refractivity contribution in [3.63, 3.8) is 0 Å². The third kappa shape index (κ3) is 1.76. The monoisotopic (exact) mass is 220 g/mol. The van der Waals surface area contributed by atoms with Gasteiger partial charge < -0.3 is 16.2 Å². The van der Waals surface area contributed by atoms with Crippen LogP contribution in [0.15, 0.2) is 29.0 Å². The Bertz CT molecular complexity index is 466. The van der Waals surface area contributed by atoms with Gasteiger partial charge in [-0.15, -0.1) is 0 Å². The van der Waals surface area contributed by atoms with Gasteiger partial charge in [0, 0.05) is 17.3 Å². The first-order chi connectivity index (χ1) is 7.22. The van der Waals surface area contributed by atoms with E-state index >= 15 is 0 Å². The molecular weight excluding hydrogens is 208 g/mol. The van der Waals surface area contributed by atoms with Crippen LogP contribution in [0.3, 0.4) is 0 Å². The minimum atomic E-state index is 0.605. The fourth-order valence-corrected chi connectivity index (χ4v) is 2.11. The molecule has 0 spiro atoms. The zero-order chi connectivity index (χ0) is 10.8. The average Bonchev–Trinajstić information content (AvgIpc) is 2.74. The summed E-state index contributed by atoms with van der Waals surface area (Å²) in [6, 6.07) is 5.61. The molecule has 0 saturated carbocycles. The molecule has 0 atom stereocenters. The third-order valence-electron chi connectivity index (χ3n) is 2.23. The van der Waals surface area contributed by atoms with E-state index < -0.39 is 0 Å². The van der Waals surface area contributed by atoms with Gasteiger partial charge in [-0.3, -0.25) is 0 Å². The van der Waals surface area contributed by atoms with Gasteiger partial charge in [0.15, 0.2) is 0 Å². The Morgan fingerprint density at radius 1 is 1.20 bits per heavy atom. The molecule has 78 valence electrons. The second-order valence-corrected chi connectivity index (χ2v) is 3.97. The number of methoxy groups -OCH3 is 1. The summed E-state index contributed by atoms with van der Waals surface area (Å²) >= 11 is 1.63. The molecular formula is C11H12N2OS. The molecule has 0 aliphatic carbocycles. The average molecular weight is 220 g/mol. The fourth-order valence-electron chi connectivity index (χ4n) is 1.46. The molecule has 4 N–H and O–H groups in total. The Hall–Kier alpha value is -1.68. The van der Waals surface area contributed by atoms with Gasteiger partial charge in [-0.25, -0.2) is 0 Å². The Balaban J connectivity index is 2.55.